The average molecular weight is 1050 g/mol. The first-order valence-electron chi connectivity index (χ1n) is 30.8. The number of carbonyl (C=O) groups excluding carboxylic acids is 4. The summed E-state index contributed by atoms with van der Waals surface area (Å²) in [6.07, 6.45) is 60.9. The highest BCUT2D eigenvalue weighted by molar-refractivity contribution is 5.96. The van der Waals surface area contributed by atoms with Crippen molar-refractivity contribution in [2.45, 2.75) is 288 Å². The number of allylic oxidation sites excluding steroid dienone is 18. The molecule has 2 aliphatic carbocycles. The van der Waals surface area contributed by atoms with E-state index in [0.29, 0.717) is 38.5 Å². The van der Waals surface area contributed by atoms with E-state index >= 15 is 0 Å². The van der Waals surface area contributed by atoms with Gasteiger partial charge in [-0.3, -0.25) is 19.2 Å². The van der Waals surface area contributed by atoms with Gasteiger partial charge in [-0.05, 0) is 83.8 Å². The molecule has 0 aromatic carbocycles. The second-order valence-electron chi connectivity index (χ2n) is 24.7. The molecule has 6 nitrogen and oxygen atoms in total. The Morgan fingerprint density at radius 1 is 0.408 bits per heavy atom. The van der Waals surface area contributed by atoms with Gasteiger partial charge in [0.05, 0.1) is 0 Å². The van der Waals surface area contributed by atoms with Gasteiger partial charge in [0.1, 0.15) is 12.2 Å². The number of carbonyl (C=O) groups is 4. The Kier molecular flexibility index (Phi) is 33.8. The van der Waals surface area contributed by atoms with Crippen LogP contribution in [0.25, 0.3) is 0 Å². The molecular formula is C70H112O6. The third-order valence-corrected chi connectivity index (χ3v) is 17.4. The van der Waals surface area contributed by atoms with E-state index in [9.17, 15) is 19.2 Å². The molecule has 0 saturated heterocycles. The van der Waals surface area contributed by atoms with Crippen molar-refractivity contribution in [3.05, 3.63) is 107 Å². The van der Waals surface area contributed by atoms with Gasteiger partial charge in [0, 0.05) is 29.1 Å². The number of hydrogen-bond acceptors (Lipinski definition) is 6. The van der Waals surface area contributed by atoms with Crippen LogP contribution in [0.2, 0.25) is 0 Å². The quantitative estimate of drug-likeness (QED) is 0.0263. The van der Waals surface area contributed by atoms with E-state index in [2.05, 4.69) is 67.5 Å². The molecule has 4 atom stereocenters. The summed E-state index contributed by atoms with van der Waals surface area (Å²) < 4.78 is 12.0. The van der Waals surface area contributed by atoms with Gasteiger partial charge < -0.3 is 9.47 Å². The van der Waals surface area contributed by atoms with Crippen LogP contribution in [-0.4, -0.2) is 35.7 Å². The molecule has 2 rings (SSSR count). The Balaban J connectivity index is 1.75. The lowest BCUT2D eigenvalue weighted by molar-refractivity contribution is -0.158. The summed E-state index contributed by atoms with van der Waals surface area (Å²) in [7, 11) is 0. The highest BCUT2D eigenvalue weighted by Crippen LogP contribution is 2.55. The fraction of sp³-hybridized carbons (Fsp3) is 0.686. The van der Waals surface area contributed by atoms with Crippen LogP contribution in [0.3, 0.4) is 0 Å². The molecule has 0 amide bonds. The molecule has 0 heterocycles. The molecule has 0 aliphatic heterocycles. The van der Waals surface area contributed by atoms with Crippen molar-refractivity contribution in [3.8, 4) is 0 Å². The van der Waals surface area contributed by atoms with Gasteiger partial charge >= 0.3 is 11.9 Å². The monoisotopic (exact) mass is 1050 g/mol. The first kappa shape index (κ1) is 68.0. The summed E-state index contributed by atoms with van der Waals surface area (Å²) in [5, 5.41) is 0. The second kappa shape index (κ2) is 37.7. The Morgan fingerprint density at radius 2 is 0.750 bits per heavy atom. The minimum atomic E-state index is -0.605. The van der Waals surface area contributed by atoms with E-state index in [1.807, 2.05) is 88.5 Å². The zero-order valence-corrected chi connectivity index (χ0v) is 50.9. The third-order valence-electron chi connectivity index (χ3n) is 17.4. The van der Waals surface area contributed by atoms with Gasteiger partial charge in [-0.15, -0.1) is 0 Å². The van der Waals surface area contributed by atoms with Gasteiger partial charge in [0.15, 0.2) is 11.6 Å². The SMILES string of the molecule is CCCCCCCCCCCCCCCC(=O)O[C@H]1CC(C)(C)[C@](C)(C(=O)/C=C/C(C)=C/C=C/C(C)=C/C=C/C=C(C)/C=C/C=C(C)/C=C/C(=O)[C@]2(C)CC[C@H](OC(=O)CCCCCCCCCCCCC)C2(C)C)C1. The molecule has 76 heavy (non-hydrogen) atoms. The number of rotatable bonds is 40. The maximum atomic E-state index is 13.7. The van der Waals surface area contributed by atoms with Crippen LogP contribution >= 0.6 is 0 Å². The second-order valence-corrected chi connectivity index (χ2v) is 24.7. The van der Waals surface area contributed by atoms with Crippen LogP contribution in [0, 0.1) is 21.7 Å². The summed E-state index contributed by atoms with van der Waals surface area (Å²) in [5.74, 6) is -0.0942. The molecule has 0 bridgehead atoms. The smallest absolute Gasteiger partial charge is 0.306 e. The van der Waals surface area contributed by atoms with E-state index < -0.39 is 16.2 Å². The number of unbranched alkanes of at least 4 members (excludes halogenated alkanes) is 22. The van der Waals surface area contributed by atoms with Crippen molar-refractivity contribution in [1.29, 1.82) is 0 Å². The van der Waals surface area contributed by atoms with Gasteiger partial charge in [-0.25, -0.2) is 0 Å². The lowest BCUT2D eigenvalue weighted by Gasteiger charge is -2.39. The fourth-order valence-electron chi connectivity index (χ4n) is 11.0. The highest BCUT2D eigenvalue weighted by Gasteiger charge is 2.57. The summed E-state index contributed by atoms with van der Waals surface area (Å²) >= 11 is 0. The predicted octanol–water partition coefficient (Wildman–Crippen LogP) is 20.3. The molecule has 0 aromatic rings. The fourth-order valence-corrected chi connectivity index (χ4v) is 11.0. The highest BCUT2D eigenvalue weighted by atomic mass is 16.5. The lowest BCUT2D eigenvalue weighted by atomic mass is 9.66. The topological polar surface area (TPSA) is 86.7 Å². The molecule has 0 aromatic heterocycles. The van der Waals surface area contributed by atoms with Crippen molar-refractivity contribution in [3.63, 3.8) is 0 Å². The molecular weight excluding hydrogens is 937 g/mol. The normalized spacial score (nSPS) is 22.4. The number of hydrogen-bond donors (Lipinski definition) is 0. The van der Waals surface area contributed by atoms with Gasteiger partial charge in [-0.2, -0.15) is 0 Å². The van der Waals surface area contributed by atoms with Crippen LogP contribution in [0.1, 0.15) is 276 Å². The Hall–Kier alpha value is -4.06. The van der Waals surface area contributed by atoms with Crippen molar-refractivity contribution < 1.29 is 28.7 Å². The van der Waals surface area contributed by atoms with Crippen LogP contribution in [0.4, 0.5) is 0 Å². The number of ether oxygens (including phenoxy) is 2. The van der Waals surface area contributed by atoms with Crippen LogP contribution < -0.4 is 0 Å². The minimum Gasteiger partial charge on any atom is -0.462 e. The van der Waals surface area contributed by atoms with E-state index in [-0.39, 0.29) is 41.1 Å². The number of ketones is 2. The number of esters is 2. The molecule has 2 saturated carbocycles. The first-order chi connectivity index (χ1) is 36.2. The summed E-state index contributed by atoms with van der Waals surface area (Å²) in [4.78, 5) is 53.0. The summed E-state index contributed by atoms with van der Waals surface area (Å²) in [6.45, 7) is 25.1. The van der Waals surface area contributed by atoms with Gasteiger partial charge in [-0.1, -0.05) is 292 Å². The summed E-state index contributed by atoms with van der Waals surface area (Å²) in [5.41, 5.74) is 2.20. The maximum Gasteiger partial charge on any atom is 0.306 e. The molecule has 0 radical (unpaired) electrons. The van der Waals surface area contributed by atoms with Crippen LogP contribution in [0.5, 0.6) is 0 Å². The predicted molar refractivity (Wildman–Crippen MR) is 324 cm³/mol. The van der Waals surface area contributed by atoms with Crippen LogP contribution in [0.15, 0.2) is 107 Å². The molecule has 0 spiro atoms. The van der Waals surface area contributed by atoms with Crippen LogP contribution in [-0.2, 0) is 28.7 Å². The average Bonchev–Trinajstić information content (AvgIpc) is 3.75. The van der Waals surface area contributed by atoms with E-state index in [1.54, 1.807) is 12.2 Å². The molecule has 6 heteroatoms. The van der Waals surface area contributed by atoms with Gasteiger partial charge in [0.2, 0.25) is 0 Å². The van der Waals surface area contributed by atoms with Crippen molar-refractivity contribution >= 4 is 23.5 Å². The third kappa shape index (κ3) is 26.1. The molecule has 0 N–H and O–H groups in total. The Labute approximate surface area is 467 Å². The van der Waals surface area contributed by atoms with Crippen molar-refractivity contribution in [2.24, 2.45) is 21.7 Å². The van der Waals surface area contributed by atoms with Crippen molar-refractivity contribution in [1.82, 2.24) is 0 Å². The molecule has 0 unspecified atom stereocenters. The maximum absolute atomic E-state index is 13.7. The Morgan fingerprint density at radius 3 is 1.16 bits per heavy atom. The summed E-state index contributed by atoms with van der Waals surface area (Å²) in [6, 6.07) is 0. The minimum absolute atomic E-state index is 0.0795. The first-order valence-corrected chi connectivity index (χ1v) is 30.8. The standard InChI is InChI=1S/C70H112O6/c1-13-15-17-19-21-23-25-26-28-30-31-33-35-47-65(73)75-61-55-67(7,8)70(12,56-61)63(72)52-50-60(6)46-40-44-58(4)42-38-37-41-57(3)43-39-45-59(5)49-51-62(71)69(11)54-53-64(68(69,9)10)76-66(74)48-36-34-32-29-27-24-22-20-18-16-14-2/h37-46,49-52,61,64H,13-36,47-48,53-56H2,1-12H3/b38-37+,43-39+,44-40+,51-49+,52-50+,57-41+,58-42+,59-45+,60-46+/t61-,64-,69-,70-/m0/s1. The van der Waals surface area contributed by atoms with E-state index in [0.717, 1.165) is 48.0 Å². The molecule has 2 aliphatic rings. The zero-order chi connectivity index (χ0) is 56.3. The molecule has 428 valence electrons. The lowest BCUT2D eigenvalue weighted by Crippen LogP contribution is -2.43. The van der Waals surface area contributed by atoms with E-state index in [1.165, 1.54) is 128 Å². The van der Waals surface area contributed by atoms with Crippen molar-refractivity contribution in [2.75, 3.05) is 0 Å². The van der Waals surface area contributed by atoms with E-state index in [4.69, 9.17) is 9.47 Å². The Bertz CT molecular complexity index is 2010. The zero-order valence-electron chi connectivity index (χ0n) is 50.9. The van der Waals surface area contributed by atoms with Gasteiger partial charge in [0.25, 0.3) is 0 Å². The largest absolute Gasteiger partial charge is 0.462 e. The molecule has 2 fully saturated rings.